The molecule has 0 saturated carbocycles. The summed E-state index contributed by atoms with van der Waals surface area (Å²) in [4.78, 5) is 24.5. The summed E-state index contributed by atoms with van der Waals surface area (Å²) in [6.45, 7) is 3.82. The monoisotopic (exact) mass is 309 g/mol. The molecule has 0 saturated heterocycles. The van der Waals surface area contributed by atoms with Crippen molar-refractivity contribution in [1.82, 2.24) is 5.32 Å². The Kier molecular flexibility index (Phi) is 5.83. The maximum absolute atomic E-state index is 12.4. The Bertz CT molecular complexity index is 660. The summed E-state index contributed by atoms with van der Waals surface area (Å²) in [5, 5.41) is 3.08. The van der Waals surface area contributed by atoms with Gasteiger partial charge in [-0.25, -0.2) is 0 Å². The Labute approximate surface area is 137 Å². The summed E-state index contributed by atoms with van der Waals surface area (Å²) in [5.74, 6) is 0.226. The smallest absolute Gasteiger partial charge is 0.193 e. The molecule has 3 heteroatoms. The van der Waals surface area contributed by atoms with Gasteiger partial charge in [0.1, 0.15) is 0 Å². The first-order chi connectivity index (χ1) is 11.0. The zero-order valence-corrected chi connectivity index (χ0v) is 13.9. The zero-order valence-electron chi connectivity index (χ0n) is 13.9. The first-order valence-corrected chi connectivity index (χ1v) is 7.92. The first-order valence-electron chi connectivity index (χ1n) is 7.92. The van der Waals surface area contributed by atoms with Crippen LogP contribution in [0.4, 0.5) is 0 Å². The maximum atomic E-state index is 12.4. The highest BCUT2D eigenvalue weighted by Gasteiger charge is 2.19. The lowest BCUT2D eigenvalue weighted by molar-refractivity contribution is -0.123. The number of carbonyl (C=O) groups excluding carboxylic acids is 2. The lowest BCUT2D eigenvalue weighted by Crippen LogP contribution is -2.38. The molecule has 2 rings (SSSR count). The third-order valence-electron chi connectivity index (χ3n) is 3.95. The van der Waals surface area contributed by atoms with E-state index in [-0.39, 0.29) is 23.5 Å². The summed E-state index contributed by atoms with van der Waals surface area (Å²) >= 11 is 0. The molecule has 2 aromatic carbocycles. The molecule has 0 aliphatic carbocycles. The highest BCUT2D eigenvalue weighted by Crippen LogP contribution is 2.13. The number of ketones is 2. The van der Waals surface area contributed by atoms with Gasteiger partial charge in [-0.1, -0.05) is 68.4 Å². The van der Waals surface area contributed by atoms with E-state index < -0.39 is 0 Å². The molecule has 0 fully saturated rings. The minimum Gasteiger partial charge on any atom is -0.310 e. The van der Waals surface area contributed by atoms with E-state index in [1.165, 1.54) is 0 Å². The highest BCUT2D eigenvalue weighted by atomic mass is 16.1. The van der Waals surface area contributed by atoms with Crippen molar-refractivity contribution >= 4 is 11.6 Å². The number of likely N-dealkylation sites (N-methyl/N-ethyl adjacent to an activating group) is 1. The molecule has 0 aliphatic heterocycles. The summed E-state index contributed by atoms with van der Waals surface area (Å²) in [6, 6.07) is 16.6. The van der Waals surface area contributed by atoms with Crippen LogP contribution in [0.15, 0.2) is 54.6 Å². The van der Waals surface area contributed by atoms with Crippen molar-refractivity contribution in [3.63, 3.8) is 0 Å². The van der Waals surface area contributed by atoms with E-state index in [4.69, 9.17) is 0 Å². The van der Waals surface area contributed by atoms with Crippen LogP contribution in [-0.4, -0.2) is 24.7 Å². The van der Waals surface area contributed by atoms with Crippen LogP contribution in [0.3, 0.4) is 0 Å². The summed E-state index contributed by atoms with van der Waals surface area (Å²) < 4.78 is 0. The predicted molar refractivity (Wildman–Crippen MR) is 92.7 cm³/mol. The fraction of sp³-hybridized carbons (Fsp3) is 0.300. The molecule has 0 amide bonds. The third kappa shape index (κ3) is 4.36. The van der Waals surface area contributed by atoms with Crippen LogP contribution in [0.5, 0.6) is 0 Å². The van der Waals surface area contributed by atoms with Crippen molar-refractivity contribution in [3.8, 4) is 0 Å². The Morgan fingerprint density at radius 2 is 1.48 bits per heavy atom. The van der Waals surface area contributed by atoms with E-state index in [0.717, 1.165) is 5.56 Å². The van der Waals surface area contributed by atoms with Gasteiger partial charge < -0.3 is 5.32 Å². The largest absolute Gasteiger partial charge is 0.310 e. The predicted octanol–water partition coefficient (Wildman–Crippen LogP) is 3.27. The van der Waals surface area contributed by atoms with E-state index in [1.807, 2.05) is 68.4 Å². The summed E-state index contributed by atoms with van der Waals surface area (Å²) in [5.41, 5.74) is 2.39. The second kappa shape index (κ2) is 7.84. The Morgan fingerprint density at radius 3 is 2.00 bits per heavy atom. The number of benzene rings is 2. The Morgan fingerprint density at radius 1 is 0.913 bits per heavy atom. The van der Waals surface area contributed by atoms with Gasteiger partial charge in [0.05, 0.1) is 6.04 Å². The van der Waals surface area contributed by atoms with Crippen LogP contribution in [0.1, 0.15) is 35.3 Å². The molecule has 0 heterocycles. The van der Waals surface area contributed by atoms with Gasteiger partial charge in [0, 0.05) is 17.0 Å². The summed E-state index contributed by atoms with van der Waals surface area (Å²) in [6.07, 6.45) is 0.632. The van der Waals surface area contributed by atoms with Gasteiger partial charge >= 0.3 is 0 Å². The normalized spacial score (nSPS) is 12.2. The number of nitrogens with one attached hydrogen (secondary N) is 1. The average molecular weight is 309 g/mol. The summed E-state index contributed by atoms with van der Waals surface area (Å²) in [7, 11) is 1.80. The van der Waals surface area contributed by atoms with Crippen LogP contribution in [0.25, 0.3) is 0 Å². The van der Waals surface area contributed by atoms with E-state index in [0.29, 0.717) is 17.5 Å². The van der Waals surface area contributed by atoms with Gasteiger partial charge in [-0.15, -0.1) is 0 Å². The maximum Gasteiger partial charge on any atom is 0.193 e. The van der Waals surface area contributed by atoms with Crippen molar-refractivity contribution in [2.75, 3.05) is 7.05 Å². The standard InChI is InChI=1S/C20H23NO2/c1-14(2)19(22)18(21-3)13-15-9-11-17(12-10-15)20(23)16-7-5-4-6-8-16/h4-12,14,18,21H,13H2,1-3H3/t18-/m0/s1. The van der Waals surface area contributed by atoms with Crippen molar-refractivity contribution in [2.45, 2.75) is 26.3 Å². The van der Waals surface area contributed by atoms with Crippen molar-refractivity contribution < 1.29 is 9.59 Å². The van der Waals surface area contributed by atoms with E-state index >= 15 is 0 Å². The molecule has 1 atom stereocenters. The molecule has 0 bridgehead atoms. The number of hydrogen-bond donors (Lipinski definition) is 1. The van der Waals surface area contributed by atoms with Crippen LogP contribution in [0.2, 0.25) is 0 Å². The topological polar surface area (TPSA) is 46.2 Å². The van der Waals surface area contributed by atoms with E-state index in [1.54, 1.807) is 7.05 Å². The van der Waals surface area contributed by atoms with Crippen LogP contribution in [0, 0.1) is 5.92 Å². The minimum absolute atomic E-state index is 0.00591. The molecular weight excluding hydrogens is 286 g/mol. The number of Topliss-reactive ketones (excluding diaryl/α,β-unsaturated/α-hetero) is 1. The molecule has 120 valence electrons. The third-order valence-corrected chi connectivity index (χ3v) is 3.95. The molecular formula is C20H23NO2. The van der Waals surface area contributed by atoms with Crippen LogP contribution >= 0.6 is 0 Å². The average Bonchev–Trinajstić information content (AvgIpc) is 2.59. The van der Waals surface area contributed by atoms with Crippen LogP contribution < -0.4 is 5.32 Å². The van der Waals surface area contributed by atoms with Gasteiger partial charge in [0.25, 0.3) is 0 Å². The quantitative estimate of drug-likeness (QED) is 0.798. The van der Waals surface area contributed by atoms with Gasteiger partial charge in [0.15, 0.2) is 11.6 Å². The Balaban J connectivity index is 2.10. The molecule has 3 nitrogen and oxygen atoms in total. The molecule has 23 heavy (non-hydrogen) atoms. The van der Waals surface area contributed by atoms with E-state index in [9.17, 15) is 9.59 Å². The fourth-order valence-electron chi connectivity index (χ4n) is 2.53. The lowest BCUT2D eigenvalue weighted by Gasteiger charge is -2.17. The molecule has 0 aliphatic rings. The number of rotatable bonds is 7. The van der Waals surface area contributed by atoms with Gasteiger partial charge in [-0.05, 0) is 19.0 Å². The SMILES string of the molecule is CN[C@@H](Cc1ccc(C(=O)c2ccccc2)cc1)C(=O)C(C)C. The lowest BCUT2D eigenvalue weighted by atomic mass is 9.94. The second-order valence-corrected chi connectivity index (χ2v) is 5.99. The highest BCUT2D eigenvalue weighted by molar-refractivity contribution is 6.08. The second-order valence-electron chi connectivity index (χ2n) is 5.99. The molecule has 0 radical (unpaired) electrons. The zero-order chi connectivity index (χ0) is 16.8. The first kappa shape index (κ1) is 17.1. The van der Waals surface area contributed by atoms with Gasteiger partial charge in [-0.3, -0.25) is 9.59 Å². The van der Waals surface area contributed by atoms with E-state index in [2.05, 4.69) is 5.32 Å². The fourth-order valence-corrected chi connectivity index (χ4v) is 2.53. The number of carbonyl (C=O) groups is 2. The molecule has 0 aromatic heterocycles. The minimum atomic E-state index is -0.189. The molecule has 0 spiro atoms. The Hall–Kier alpha value is -2.26. The van der Waals surface area contributed by atoms with Crippen molar-refractivity contribution in [2.24, 2.45) is 5.92 Å². The van der Waals surface area contributed by atoms with Crippen LogP contribution in [-0.2, 0) is 11.2 Å². The van der Waals surface area contributed by atoms with Gasteiger partial charge in [-0.2, -0.15) is 0 Å². The number of hydrogen-bond acceptors (Lipinski definition) is 3. The van der Waals surface area contributed by atoms with Gasteiger partial charge in [0.2, 0.25) is 0 Å². The van der Waals surface area contributed by atoms with Crippen molar-refractivity contribution in [1.29, 1.82) is 0 Å². The molecule has 2 aromatic rings. The van der Waals surface area contributed by atoms with Crippen molar-refractivity contribution in [3.05, 3.63) is 71.3 Å². The molecule has 0 unspecified atom stereocenters. The molecule has 1 N–H and O–H groups in total.